The fourth-order valence-corrected chi connectivity index (χ4v) is 3.53. The molecule has 96 valence electrons. The highest BCUT2D eigenvalue weighted by Crippen LogP contribution is 2.33. The average Bonchev–Trinajstić information content (AvgIpc) is 2.70. The van der Waals surface area contributed by atoms with E-state index in [9.17, 15) is 9.90 Å². The number of aliphatic hydroxyl groups excluding tert-OH is 1. The summed E-state index contributed by atoms with van der Waals surface area (Å²) in [6.45, 7) is 0. The summed E-state index contributed by atoms with van der Waals surface area (Å²) in [5.74, 6) is 0.864. The Kier molecular flexibility index (Phi) is 3.09. The second kappa shape index (κ2) is 4.58. The third-order valence-electron chi connectivity index (χ3n) is 4.64. The van der Waals surface area contributed by atoms with Gasteiger partial charge in [0.05, 0.1) is 12.1 Å². The Hall–Kier alpha value is -0.610. The Morgan fingerprint density at radius 1 is 1.18 bits per heavy atom. The summed E-state index contributed by atoms with van der Waals surface area (Å²) < 4.78 is 0. The van der Waals surface area contributed by atoms with Crippen LogP contribution in [0.5, 0.6) is 0 Å². The molecule has 0 aromatic rings. The van der Waals surface area contributed by atoms with Gasteiger partial charge in [-0.3, -0.25) is 4.79 Å². The summed E-state index contributed by atoms with van der Waals surface area (Å²) >= 11 is 0. The molecule has 3 fully saturated rings. The van der Waals surface area contributed by atoms with Crippen molar-refractivity contribution in [2.45, 2.75) is 69.2 Å². The van der Waals surface area contributed by atoms with Gasteiger partial charge in [0.15, 0.2) is 0 Å². The molecule has 4 heteroatoms. The van der Waals surface area contributed by atoms with Crippen molar-refractivity contribution in [3.63, 3.8) is 0 Å². The number of rotatable bonds is 2. The molecule has 3 unspecified atom stereocenters. The standard InChI is InChI=1S/C13H22N2O2/c16-10-6-9(7-10)14-13(17)12-5-8-3-1-2-4-11(8)15-12/h8-12,15-16H,1-7H2,(H,14,17). The Morgan fingerprint density at radius 3 is 2.65 bits per heavy atom. The fourth-order valence-electron chi connectivity index (χ4n) is 3.53. The molecular formula is C13H22N2O2. The first-order chi connectivity index (χ1) is 8.22. The molecule has 4 nitrogen and oxygen atoms in total. The Morgan fingerprint density at radius 2 is 1.94 bits per heavy atom. The largest absolute Gasteiger partial charge is 0.393 e. The van der Waals surface area contributed by atoms with Gasteiger partial charge in [-0.1, -0.05) is 12.8 Å². The number of fused-ring (bicyclic) bond motifs is 1. The highest BCUT2D eigenvalue weighted by Gasteiger charge is 2.39. The molecule has 0 aromatic heterocycles. The van der Waals surface area contributed by atoms with Gasteiger partial charge in [-0.25, -0.2) is 0 Å². The molecule has 0 radical (unpaired) electrons. The molecule has 0 spiro atoms. The van der Waals surface area contributed by atoms with Crippen molar-refractivity contribution in [3.8, 4) is 0 Å². The van der Waals surface area contributed by atoms with Crippen LogP contribution < -0.4 is 10.6 Å². The SMILES string of the molecule is O=C(NC1CC(O)C1)C1CC2CCCCC2N1. The van der Waals surface area contributed by atoms with Crippen LogP contribution in [0.4, 0.5) is 0 Å². The number of carbonyl (C=O) groups is 1. The number of carbonyl (C=O) groups excluding carboxylic acids is 1. The minimum Gasteiger partial charge on any atom is -0.393 e. The third-order valence-corrected chi connectivity index (χ3v) is 4.64. The molecule has 2 saturated carbocycles. The molecule has 0 bridgehead atoms. The molecule has 3 atom stereocenters. The van der Waals surface area contributed by atoms with Gasteiger partial charge in [0.2, 0.25) is 5.91 Å². The van der Waals surface area contributed by atoms with Crippen molar-refractivity contribution >= 4 is 5.91 Å². The van der Waals surface area contributed by atoms with Crippen LogP contribution in [0.3, 0.4) is 0 Å². The lowest BCUT2D eigenvalue weighted by atomic mass is 9.85. The fraction of sp³-hybridized carbons (Fsp3) is 0.923. The van der Waals surface area contributed by atoms with E-state index < -0.39 is 0 Å². The minimum atomic E-state index is -0.195. The van der Waals surface area contributed by atoms with Gasteiger partial charge in [0.25, 0.3) is 0 Å². The summed E-state index contributed by atoms with van der Waals surface area (Å²) in [5.41, 5.74) is 0. The zero-order valence-corrected chi connectivity index (χ0v) is 10.2. The van der Waals surface area contributed by atoms with Crippen molar-refractivity contribution in [3.05, 3.63) is 0 Å². The van der Waals surface area contributed by atoms with Gasteiger partial charge < -0.3 is 15.7 Å². The molecule has 1 saturated heterocycles. The molecule has 17 heavy (non-hydrogen) atoms. The first-order valence-electron chi connectivity index (χ1n) is 6.97. The van der Waals surface area contributed by atoms with Crippen LogP contribution in [0.15, 0.2) is 0 Å². The second-order valence-electron chi connectivity index (χ2n) is 5.94. The number of hydrogen-bond donors (Lipinski definition) is 3. The van der Waals surface area contributed by atoms with Crippen LogP contribution in [0.25, 0.3) is 0 Å². The van der Waals surface area contributed by atoms with Crippen LogP contribution in [-0.2, 0) is 4.79 Å². The normalized spacial score (nSPS) is 44.9. The Labute approximate surface area is 102 Å². The number of hydrogen-bond acceptors (Lipinski definition) is 3. The number of aliphatic hydroxyl groups is 1. The lowest BCUT2D eigenvalue weighted by Crippen LogP contribution is -2.52. The van der Waals surface area contributed by atoms with E-state index in [-0.39, 0.29) is 24.1 Å². The summed E-state index contributed by atoms with van der Waals surface area (Å²) in [5, 5.41) is 15.7. The van der Waals surface area contributed by atoms with Crippen LogP contribution in [0.2, 0.25) is 0 Å². The molecule has 1 heterocycles. The van der Waals surface area contributed by atoms with E-state index >= 15 is 0 Å². The van der Waals surface area contributed by atoms with Gasteiger partial charge in [0.1, 0.15) is 0 Å². The van der Waals surface area contributed by atoms with Gasteiger partial charge in [-0.15, -0.1) is 0 Å². The smallest absolute Gasteiger partial charge is 0.237 e. The van der Waals surface area contributed by atoms with E-state index in [1.807, 2.05) is 0 Å². The van der Waals surface area contributed by atoms with Crippen molar-refractivity contribution in [1.82, 2.24) is 10.6 Å². The lowest BCUT2D eigenvalue weighted by molar-refractivity contribution is -0.124. The maximum absolute atomic E-state index is 12.0. The Bertz CT molecular complexity index is 288. The maximum Gasteiger partial charge on any atom is 0.237 e. The number of amides is 1. The first-order valence-corrected chi connectivity index (χ1v) is 6.97. The van der Waals surface area contributed by atoms with E-state index in [0.29, 0.717) is 12.0 Å². The monoisotopic (exact) mass is 238 g/mol. The molecule has 1 amide bonds. The third kappa shape index (κ3) is 2.33. The molecule has 3 rings (SSSR count). The molecule has 3 N–H and O–H groups in total. The summed E-state index contributed by atoms with van der Waals surface area (Å²) in [4.78, 5) is 12.0. The Balaban J connectivity index is 1.50. The van der Waals surface area contributed by atoms with Gasteiger partial charge >= 0.3 is 0 Å². The number of nitrogens with one attached hydrogen (secondary N) is 2. The molecule has 0 aromatic carbocycles. The summed E-state index contributed by atoms with van der Waals surface area (Å²) in [6, 6.07) is 0.800. The van der Waals surface area contributed by atoms with Crippen molar-refractivity contribution < 1.29 is 9.90 Å². The quantitative estimate of drug-likeness (QED) is 0.658. The predicted octanol–water partition coefficient (Wildman–Crippen LogP) is 0.547. The first kappa shape index (κ1) is 11.5. The van der Waals surface area contributed by atoms with E-state index in [4.69, 9.17) is 0 Å². The van der Waals surface area contributed by atoms with E-state index in [1.54, 1.807) is 0 Å². The maximum atomic E-state index is 12.0. The molecule has 2 aliphatic carbocycles. The zero-order chi connectivity index (χ0) is 11.8. The molecular weight excluding hydrogens is 216 g/mol. The van der Waals surface area contributed by atoms with Crippen molar-refractivity contribution in [2.75, 3.05) is 0 Å². The zero-order valence-electron chi connectivity index (χ0n) is 10.2. The van der Waals surface area contributed by atoms with Crippen LogP contribution in [-0.4, -0.2) is 35.2 Å². The second-order valence-corrected chi connectivity index (χ2v) is 5.94. The van der Waals surface area contributed by atoms with Crippen molar-refractivity contribution in [2.24, 2.45) is 5.92 Å². The topological polar surface area (TPSA) is 61.4 Å². The lowest BCUT2D eigenvalue weighted by Gasteiger charge is -2.32. The average molecular weight is 238 g/mol. The van der Waals surface area contributed by atoms with Crippen molar-refractivity contribution in [1.29, 1.82) is 0 Å². The minimum absolute atomic E-state index is 0.0147. The highest BCUT2D eigenvalue weighted by atomic mass is 16.3. The summed E-state index contributed by atoms with van der Waals surface area (Å²) in [6.07, 6.45) is 7.41. The molecule has 1 aliphatic heterocycles. The van der Waals surface area contributed by atoms with E-state index in [1.165, 1.54) is 25.7 Å². The highest BCUT2D eigenvalue weighted by molar-refractivity contribution is 5.82. The van der Waals surface area contributed by atoms with E-state index in [0.717, 1.165) is 19.3 Å². The molecule has 3 aliphatic rings. The van der Waals surface area contributed by atoms with Gasteiger partial charge in [-0.2, -0.15) is 0 Å². The van der Waals surface area contributed by atoms with Crippen LogP contribution in [0.1, 0.15) is 44.9 Å². The van der Waals surface area contributed by atoms with Crippen LogP contribution >= 0.6 is 0 Å². The van der Waals surface area contributed by atoms with Gasteiger partial charge in [0, 0.05) is 12.1 Å². The summed E-state index contributed by atoms with van der Waals surface area (Å²) in [7, 11) is 0. The predicted molar refractivity (Wildman–Crippen MR) is 64.5 cm³/mol. The van der Waals surface area contributed by atoms with Gasteiger partial charge in [-0.05, 0) is 38.0 Å². The van der Waals surface area contributed by atoms with Crippen LogP contribution in [0, 0.1) is 5.92 Å². The van der Waals surface area contributed by atoms with E-state index in [2.05, 4.69) is 10.6 Å².